The summed E-state index contributed by atoms with van der Waals surface area (Å²) in [6.07, 6.45) is 1.63. The molecule has 0 aliphatic heterocycles. The second kappa shape index (κ2) is 5.55. The van der Waals surface area contributed by atoms with E-state index in [4.69, 9.17) is 4.42 Å². The highest BCUT2D eigenvalue weighted by Gasteiger charge is 2.27. The number of anilines is 1. The van der Waals surface area contributed by atoms with Crippen molar-refractivity contribution in [3.63, 3.8) is 0 Å². The molecule has 0 spiro atoms. The fraction of sp³-hybridized carbons (Fsp3) is 0.417. The van der Waals surface area contributed by atoms with Gasteiger partial charge in [-0.3, -0.25) is 4.72 Å². The number of furan rings is 1. The zero-order chi connectivity index (χ0) is 14.9. The van der Waals surface area contributed by atoms with Crippen molar-refractivity contribution in [3.05, 3.63) is 28.2 Å². The van der Waals surface area contributed by atoms with Crippen molar-refractivity contribution >= 4 is 26.5 Å². The zero-order valence-electron chi connectivity index (χ0n) is 11.8. The minimum absolute atomic E-state index is 0.192. The van der Waals surface area contributed by atoms with Gasteiger partial charge in [0.2, 0.25) is 0 Å². The van der Waals surface area contributed by atoms with E-state index in [2.05, 4.69) is 15.0 Å². The minimum atomic E-state index is -3.70. The lowest BCUT2D eigenvalue weighted by atomic mass is 10.2. The van der Waals surface area contributed by atoms with Gasteiger partial charge in [-0.2, -0.15) is 0 Å². The van der Waals surface area contributed by atoms with Crippen molar-refractivity contribution in [2.24, 2.45) is 0 Å². The number of sulfonamides is 1. The summed E-state index contributed by atoms with van der Waals surface area (Å²) in [5.74, 6) is 0.987. The summed E-state index contributed by atoms with van der Waals surface area (Å²) in [7, 11) is -1.94. The van der Waals surface area contributed by atoms with Gasteiger partial charge in [-0.05, 0) is 27.8 Å². The van der Waals surface area contributed by atoms with Crippen LogP contribution in [0.3, 0.4) is 0 Å². The number of thiazole rings is 1. The van der Waals surface area contributed by atoms with Gasteiger partial charge < -0.3 is 9.73 Å². The first-order valence-corrected chi connectivity index (χ1v) is 8.34. The molecule has 0 aliphatic carbocycles. The Kier molecular flexibility index (Phi) is 4.17. The van der Waals surface area contributed by atoms with Crippen LogP contribution in [0.4, 0.5) is 5.13 Å². The predicted molar refractivity (Wildman–Crippen MR) is 78.6 cm³/mol. The molecule has 2 aromatic rings. The maximum Gasteiger partial charge on any atom is 0.267 e. The summed E-state index contributed by atoms with van der Waals surface area (Å²) >= 11 is 1.29. The molecule has 2 aromatic heterocycles. The molecule has 0 saturated heterocycles. The fourth-order valence-electron chi connectivity index (χ4n) is 2.01. The summed E-state index contributed by atoms with van der Waals surface area (Å²) in [4.78, 5) is 5.16. The number of aromatic nitrogens is 1. The summed E-state index contributed by atoms with van der Waals surface area (Å²) in [5, 5.41) is 3.31. The Balaban J connectivity index is 2.43. The van der Waals surface area contributed by atoms with E-state index in [1.54, 1.807) is 27.1 Å². The first-order valence-electron chi connectivity index (χ1n) is 6.04. The van der Waals surface area contributed by atoms with Gasteiger partial charge >= 0.3 is 0 Å². The van der Waals surface area contributed by atoms with Gasteiger partial charge in [0.1, 0.15) is 16.4 Å². The van der Waals surface area contributed by atoms with E-state index in [0.29, 0.717) is 28.8 Å². The third kappa shape index (κ3) is 2.87. The molecule has 0 fully saturated rings. The third-order valence-electron chi connectivity index (χ3n) is 2.79. The second-order valence-corrected chi connectivity index (χ2v) is 7.29. The van der Waals surface area contributed by atoms with Crippen LogP contribution >= 0.6 is 11.3 Å². The van der Waals surface area contributed by atoms with E-state index in [1.807, 2.05) is 6.92 Å². The van der Waals surface area contributed by atoms with Gasteiger partial charge in [0.25, 0.3) is 10.0 Å². The SMILES string of the molecule is CNCc1c(C)oc(C)c1S(=O)(=O)Nc1ncc(C)s1. The molecule has 110 valence electrons. The number of aryl methyl sites for hydroxylation is 3. The highest BCUT2D eigenvalue weighted by atomic mass is 32.2. The van der Waals surface area contributed by atoms with E-state index in [9.17, 15) is 8.42 Å². The van der Waals surface area contributed by atoms with Gasteiger partial charge in [0.05, 0.1) is 0 Å². The number of rotatable bonds is 5. The van der Waals surface area contributed by atoms with E-state index in [1.165, 1.54) is 11.3 Å². The van der Waals surface area contributed by atoms with Gasteiger partial charge in [-0.1, -0.05) is 0 Å². The maximum atomic E-state index is 12.5. The van der Waals surface area contributed by atoms with Crippen molar-refractivity contribution in [2.75, 3.05) is 11.8 Å². The topological polar surface area (TPSA) is 84.2 Å². The Hall–Kier alpha value is -1.38. The van der Waals surface area contributed by atoms with Crippen molar-refractivity contribution in [3.8, 4) is 0 Å². The lowest BCUT2D eigenvalue weighted by molar-refractivity contribution is 0.494. The molecule has 0 atom stereocenters. The molecule has 2 N–H and O–H groups in total. The highest BCUT2D eigenvalue weighted by molar-refractivity contribution is 7.93. The Bertz CT molecular complexity index is 716. The normalized spacial score (nSPS) is 11.8. The van der Waals surface area contributed by atoms with Crippen LogP contribution in [0.15, 0.2) is 15.5 Å². The minimum Gasteiger partial charge on any atom is -0.465 e. The van der Waals surface area contributed by atoms with Gasteiger partial charge in [0, 0.05) is 23.2 Å². The predicted octanol–water partition coefficient (Wildman–Crippen LogP) is 2.18. The molecule has 6 nitrogen and oxygen atoms in total. The second-order valence-electron chi connectivity index (χ2n) is 4.43. The Morgan fingerprint density at radius 3 is 2.55 bits per heavy atom. The lowest BCUT2D eigenvalue weighted by Gasteiger charge is -2.07. The van der Waals surface area contributed by atoms with Crippen LogP contribution in [0.1, 0.15) is 22.0 Å². The fourth-order valence-corrected chi connectivity index (χ4v) is 4.37. The number of hydrogen-bond acceptors (Lipinski definition) is 6. The first-order chi connectivity index (χ1) is 9.35. The molecule has 0 aliphatic rings. The molecule has 0 unspecified atom stereocenters. The van der Waals surface area contributed by atoms with Crippen LogP contribution in [0.2, 0.25) is 0 Å². The molecule has 0 radical (unpaired) electrons. The number of hydrogen-bond donors (Lipinski definition) is 2. The zero-order valence-corrected chi connectivity index (χ0v) is 13.4. The van der Waals surface area contributed by atoms with E-state index in [-0.39, 0.29) is 4.90 Å². The quantitative estimate of drug-likeness (QED) is 0.883. The molecule has 20 heavy (non-hydrogen) atoms. The lowest BCUT2D eigenvalue weighted by Crippen LogP contribution is -2.17. The van der Waals surface area contributed by atoms with Crippen molar-refractivity contribution in [1.29, 1.82) is 0 Å². The largest absolute Gasteiger partial charge is 0.465 e. The van der Waals surface area contributed by atoms with Crippen LogP contribution in [0, 0.1) is 20.8 Å². The summed E-state index contributed by atoms with van der Waals surface area (Å²) in [6, 6.07) is 0. The Labute approximate surface area is 122 Å². The summed E-state index contributed by atoms with van der Waals surface area (Å²) in [6.45, 7) is 5.70. The van der Waals surface area contributed by atoms with Gasteiger partial charge in [-0.25, -0.2) is 13.4 Å². The first kappa shape index (κ1) is 15.0. The molecule has 0 bridgehead atoms. The van der Waals surface area contributed by atoms with Gasteiger partial charge in [-0.15, -0.1) is 11.3 Å². The maximum absolute atomic E-state index is 12.5. The molecule has 2 heterocycles. The van der Waals surface area contributed by atoms with Crippen LogP contribution in [0.25, 0.3) is 0 Å². The van der Waals surface area contributed by atoms with Crippen LogP contribution < -0.4 is 10.0 Å². The Morgan fingerprint density at radius 1 is 1.30 bits per heavy atom. The molecule has 2 rings (SSSR count). The third-order valence-corrected chi connectivity index (χ3v) is 5.28. The average molecular weight is 315 g/mol. The van der Waals surface area contributed by atoms with Crippen LogP contribution in [0.5, 0.6) is 0 Å². The monoisotopic (exact) mass is 315 g/mol. The van der Waals surface area contributed by atoms with Crippen molar-refractivity contribution < 1.29 is 12.8 Å². The summed E-state index contributed by atoms with van der Waals surface area (Å²) < 4.78 is 33.0. The van der Waals surface area contributed by atoms with E-state index >= 15 is 0 Å². The van der Waals surface area contributed by atoms with E-state index in [0.717, 1.165) is 4.88 Å². The summed E-state index contributed by atoms with van der Waals surface area (Å²) in [5.41, 5.74) is 0.644. The smallest absolute Gasteiger partial charge is 0.267 e. The van der Waals surface area contributed by atoms with Crippen molar-refractivity contribution in [1.82, 2.24) is 10.3 Å². The Morgan fingerprint density at radius 2 is 2.00 bits per heavy atom. The van der Waals surface area contributed by atoms with Crippen molar-refractivity contribution in [2.45, 2.75) is 32.2 Å². The number of nitrogens with zero attached hydrogens (tertiary/aromatic N) is 1. The molecule has 0 saturated carbocycles. The molecular weight excluding hydrogens is 298 g/mol. The molecule has 0 aromatic carbocycles. The molecule has 8 heteroatoms. The number of nitrogens with one attached hydrogen (secondary N) is 2. The van der Waals surface area contributed by atoms with Crippen LogP contribution in [-0.2, 0) is 16.6 Å². The van der Waals surface area contributed by atoms with Gasteiger partial charge in [0.15, 0.2) is 5.13 Å². The average Bonchev–Trinajstić information content (AvgIpc) is 2.84. The standard InChI is InChI=1S/C12H17N3O3S2/c1-7-5-14-12(19-7)15-20(16,17)11-9(3)18-8(2)10(11)6-13-4/h5,13H,6H2,1-4H3,(H,14,15). The molecule has 0 amide bonds. The van der Waals surface area contributed by atoms with E-state index < -0.39 is 10.0 Å². The highest BCUT2D eigenvalue weighted by Crippen LogP contribution is 2.29. The van der Waals surface area contributed by atoms with Crippen LogP contribution in [-0.4, -0.2) is 20.4 Å². The molecular formula is C12H17N3O3S2.